The quantitative estimate of drug-likeness (QED) is 0.691. The average Bonchev–Trinajstić information content (AvgIpc) is 2.53. The normalized spacial score (nSPS) is 20.1. The van der Waals surface area contributed by atoms with Gasteiger partial charge in [0.15, 0.2) is 0 Å². The van der Waals surface area contributed by atoms with Crippen LogP contribution in [-0.4, -0.2) is 18.1 Å². The zero-order valence-electron chi connectivity index (χ0n) is 9.86. The second-order valence-electron chi connectivity index (χ2n) is 4.22. The molecule has 0 fully saturated rings. The van der Waals surface area contributed by atoms with E-state index in [2.05, 4.69) is 68.2 Å². The third kappa shape index (κ3) is 1.60. The van der Waals surface area contributed by atoms with Crippen LogP contribution in [0.3, 0.4) is 0 Å². The van der Waals surface area contributed by atoms with E-state index in [9.17, 15) is 0 Å². The Morgan fingerprint density at radius 1 is 1.13 bits per heavy atom. The molecule has 2 heteroatoms. The lowest BCUT2D eigenvalue weighted by molar-refractivity contribution is 0.383. The van der Waals surface area contributed by atoms with Gasteiger partial charge in [0.05, 0.1) is 0 Å². The lowest BCUT2D eigenvalue weighted by atomic mass is 10.1. The van der Waals surface area contributed by atoms with E-state index in [4.69, 9.17) is 0 Å². The first kappa shape index (κ1) is 10.1. The standard InChI is InChI=1S/C13H18N2/c1-10-6-5-7-13(11(10)2)15-9-8-14(4)12(15)3/h5-9,12H,1-4H3/t12-/m1/s1. The first-order valence-electron chi connectivity index (χ1n) is 5.36. The van der Waals surface area contributed by atoms with Gasteiger partial charge in [0.25, 0.3) is 0 Å². The number of aryl methyl sites for hydroxylation is 1. The molecule has 0 amide bonds. The van der Waals surface area contributed by atoms with Crippen molar-refractivity contribution in [3.8, 4) is 0 Å². The molecule has 1 heterocycles. The molecule has 0 aromatic heterocycles. The Kier molecular flexibility index (Phi) is 2.43. The van der Waals surface area contributed by atoms with E-state index >= 15 is 0 Å². The van der Waals surface area contributed by atoms with E-state index in [0.717, 1.165) is 0 Å². The van der Waals surface area contributed by atoms with Crippen molar-refractivity contribution in [2.45, 2.75) is 26.9 Å². The summed E-state index contributed by atoms with van der Waals surface area (Å²) < 4.78 is 0. The van der Waals surface area contributed by atoms with Crippen LogP contribution in [0.2, 0.25) is 0 Å². The maximum atomic E-state index is 2.31. The molecule has 0 bridgehead atoms. The van der Waals surface area contributed by atoms with Gasteiger partial charge < -0.3 is 9.80 Å². The predicted molar refractivity (Wildman–Crippen MR) is 64.8 cm³/mol. The zero-order chi connectivity index (χ0) is 11.0. The number of nitrogens with zero attached hydrogens (tertiary/aromatic N) is 2. The first-order valence-corrected chi connectivity index (χ1v) is 5.36. The number of hydrogen-bond donors (Lipinski definition) is 0. The van der Waals surface area contributed by atoms with Crippen LogP contribution in [0.5, 0.6) is 0 Å². The molecular weight excluding hydrogens is 184 g/mol. The largest absolute Gasteiger partial charge is 0.359 e. The molecule has 1 aliphatic heterocycles. The summed E-state index contributed by atoms with van der Waals surface area (Å²) in [5.41, 5.74) is 4.02. The van der Waals surface area contributed by atoms with Crippen molar-refractivity contribution >= 4 is 5.69 Å². The minimum absolute atomic E-state index is 0.408. The summed E-state index contributed by atoms with van der Waals surface area (Å²) in [7, 11) is 2.10. The smallest absolute Gasteiger partial charge is 0.102 e. The topological polar surface area (TPSA) is 6.48 Å². The molecule has 1 aromatic carbocycles. The van der Waals surface area contributed by atoms with Crippen LogP contribution in [0, 0.1) is 13.8 Å². The molecule has 0 N–H and O–H groups in total. The summed E-state index contributed by atoms with van der Waals surface area (Å²) in [6.45, 7) is 6.55. The fraction of sp³-hybridized carbons (Fsp3) is 0.385. The molecule has 0 aliphatic carbocycles. The molecule has 2 nitrogen and oxygen atoms in total. The SMILES string of the molecule is Cc1cccc(N2C=CN(C)[C@H]2C)c1C. The average molecular weight is 202 g/mol. The van der Waals surface area contributed by atoms with Gasteiger partial charge in [-0.1, -0.05) is 12.1 Å². The van der Waals surface area contributed by atoms with Crippen molar-refractivity contribution in [1.29, 1.82) is 0 Å². The van der Waals surface area contributed by atoms with Gasteiger partial charge in [-0.2, -0.15) is 0 Å². The highest BCUT2D eigenvalue weighted by molar-refractivity contribution is 5.59. The Balaban J connectivity index is 2.39. The van der Waals surface area contributed by atoms with Gasteiger partial charge in [0, 0.05) is 25.1 Å². The number of anilines is 1. The van der Waals surface area contributed by atoms with Gasteiger partial charge in [-0.25, -0.2) is 0 Å². The predicted octanol–water partition coefficient (Wildman–Crippen LogP) is 2.87. The van der Waals surface area contributed by atoms with E-state index in [1.165, 1.54) is 16.8 Å². The molecule has 0 unspecified atom stereocenters. The van der Waals surface area contributed by atoms with Crippen molar-refractivity contribution in [1.82, 2.24) is 4.90 Å². The molecule has 15 heavy (non-hydrogen) atoms. The second-order valence-corrected chi connectivity index (χ2v) is 4.22. The minimum atomic E-state index is 0.408. The molecule has 1 atom stereocenters. The van der Waals surface area contributed by atoms with Gasteiger partial charge in [-0.3, -0.25) is 0 Å². The molecule has 1 aliphatic rings. The Labute approximate surface area is 91.8 Å². The molecule has 1 aromatic rings. The fourth-order valence-corrected chi connectivity index (χ4v) is 1.92. The lowest BCUT2D eigenvalue weighted by Crippen LogP contribution is -2.33. The van der Waals surface area contributed by atoms with E-state index in [-0.39, 0.29) is 0 Å². The van der Waals surface area contributed by atoms with Gasteiger partial charge in [-0.15, -0.1) is 0 Å². The second kappa shape index (κ2) is 3.61. The Bertz CT molecular complexity index is 396. The van der Waals surface area contributed by atoms with Crippen LogP contribution in [-0.2, 0) is 0 Å². The number of hydrogen-bond acceptors (Lipinski definition) is 2. The van der Waals surface area contributed by atoms with Crippen LogP contribution in [0.15, 0.2) is 30.6 Å². The van der Waals surface area contributed by atoms with E-state index in [0.29, 0.717) is 6.17 Å². The summed E-state index contributed by atoms with van der Waals surface area (Å²) in [5, 5.41) is 0. The molecule has 80 valence electrons. The van der Waals surface area contributed by atoms with Gasteiger partial charge in [-0.05, 0) is 38.0 Å². The number of benzene rings is 1. The Morgan fingerprint density at radius 2 is 1.87 bits per heavy atom. The summed E-state index contributed by atoms with van der Waals surface area (Å²) in [6.07, 6.45) is 4.67. The van der Waals surface area contributed by atoms with Crippen molar-refractivity contribution < 1.29 is 0 Å². The fourth-order valence-electron chi connectivity index (χ4n) is 1.92. The third-order valence-corrected chi connectivity index (χ3v) is 3.31. The van der Waals surface area contributed by atoms with Gasteiger partial charge in [0.1, 0.15) is 6.17 Å². The van der Waals surface area contributed by atoms with E-state index < -0.39 is 0 Å². The minimum Gasteiger partial charge on any atom is -0.359 e. The molecule has 2 rings (SSSR count). The van der Waals surface area contributed by atoms with Crippen LogP contribution < -0.4 is 4.90 Å². The first-order chi connectivity index (χ1) is 7.11. The van der Waals surface area contributed by atoms with Crippen LogP contribution in [0.1, 0.15) is 18.1 Å². The van der Waals surface area contributed by atoms with Crippen LogP contribution >= 0.6 is 0 Å². The van der Waals surface area contributed by atoms with E-state index in [1.807, 2.05) is 0 Å². The van der Waals surface area contributed by atoms with E-state index in [1.54, 1.807) is 0 Å². The van der Waals surface area contributed by atoms with Gasteiger partial charge in [0.2, 0.25) is 0 Å². The highest BCUT2D eigenvalue weighted by atomic mass is 15.4. The lowest BCUT2D eigenvalue weighted by Gasteiger charge is -2.28. The maximum absolute atomic E-state index is 2.31. The van der Waals surface area contributed by atoms with Crippen LogP contribution in [0.4, 0.5) is 5.69 Å². The highest BCUT2D eigenvalue weighted by Crippen LogP contribution is 2.28. The summed E-state index contributed by atoms with van der Waals surface area (Å²) in [6, 6.07) is 6.46. The van der Waals surface area contributed by atoms with Crippen molar-refractivity contribution in [3.05, 3.63) is 41.7 Å². The molecule has 0 saturated heterocycles. The van der Waals surface area contributed by atoms with Crippen molar-refractivity contribution in [2.24, 2.45) is 0 Å². The van der Waals surface area contributed by atoms with Crippen LogP contribution in [0.25, 0.3) is 0 Å². The van der Waals surface area contributed by atoms with Crippen molar-refractivity contribution in [2.75, 3.05) is 11.9 Å². The molecular formula is C13H18N2. The summed E-state index contributed by atoms with van der Waals surface area (Å²) in [5.74, 6) is 0. The summed E-state index contributed by atoms with van der Waals surface area (Å²) >= 11 is 0. The third-order valence-electron chi connectivity index (χ3n) is 3.31. The highest BCUT2D eigenvalue weighted by Gasteiger charge is 2.21. The monoisotopic (exact) mass is 202 g/mol. The number of rotatable bonds is 1. The van der Waals surface area contributed by atoms with Crippen molar-refractivity contribution in [3.63, 3.8) is 0 Å². The molecule has 0 saturated carbocycles. The molecule has 0 radical (unpaired) electrons. The Morgan fingerprint density at radius 3 is 2.47 bits per heavy atom. The Hall–Kier alpha value is -1.44. The maximum Gasteiger partial charge on any atom is 0.102 e. The summed E-state index contributed by atoms with van der Waals surface area (Å²) in [4.78, 5) is 4.52. The zero-order valence-corrected chi connectivity index (χ0v) is 9.86. The van der Waals surface area contributed by atoms with Gasteiger partial charge >= 0.3 is 0 Å². The molecule has 0 spiro atoms.